The molecule has 168 valence electrons. The molecule has 32 heavy (non-hydrogen) atoms. The Labute approximate surface area is 192 Å². The molecule has 2 amide bonds. The number of benzene rings is 2. The number of nitrogens with one attached hydrogen (secondary N) is 2. The molecular formula is C23H24ClN3O4S. The summed E-state index contributed by atoms with van der Waals surface area (Å²) in [6, 6.07) is 3.00. The summed E-state index contributed by atoms with van der Waals surface area (Å²) in [5, 5.41) is 13.8. The van der Waals surface area contributed by atoms with Gasteiger partial charge in [-0.05, 0) is 92.3 Å². The predicted octanol–water partition coefficient (Wildman–Crippen LogP) is 4.61. The third kappa shape index (κ3) is 4.08. The average Bonchev–Trinajstić information content (AvgIpc) is 3.40. The van der Waals surface area contributed by atoms with Crippen molar-refractivity contribution in [1.82, 2.24) is 4.72 Å². The van der Waals surface area contributed by atoms with Crippen LogP contribution < -0.4 is 10.0 Å². The molecule has 0 unspecified atom stereocenters. The highest BCUT2D eigenvalue weighted by Gasteiger charge is 2.30. The maximum absolute atomic E-state index is 12.9. The Balaban J connectivity index is 1.65. The van der Waals surface area contributed by atoms with Crippen molar-refractivity contribution in [2.75, 3.05) is 5.32 Å². The molecule has 0 saturated carbocycles. The summed E-state index contributed by atoms with van der Waals surface area (Å²) >= 11 is 6.61. The monoisotopic (exact) mass is 473 g/mol. The Morgan fingerprint density at radius 1 is 1.06 bits per heavy atom. The summed E-state index contributed by atoms with van der Waals surface area (Å²) in [4.78, 5) is 15.8. The first-order chi connectivity index (χ1) is 15.0. The van der Waals surface area contributed by atoms with Gasteiger partial charge in [0, 0.05) is 10.7 Å². The van der Waals surface area contributed by atoms with Gasteiger partial charge in [0.05, 0.1) is 17.1 Å². The van der Waals surface area contributed by atoms with E-state index in [0.29, 0.717) is 5.69 Å². The number of hydrogen-bond donors (Lipinski definition) is 3. The lowest BCUT2D eigenvalue weighted by Gasteiger charge is -2.20. The number of sulfonamides is 1. The number of halogens is 1. The first kappa shape index (κ1) is 22.6. The van der Waals surface area contributed by atoms with Crippen molar-refractivity contribution in [2.24, 2.45) is 0 Å². The summed E-state index contributed by atoms with van der Waals surface area (Å²) in [6.07, 6.45) is 5.14. The van der Waals surface area contributed by atoms with Gasteiger partial charge in [0.25, 0.3) is 10.0 Å². The van der Waals surface area contributed by atoms with Gasteiger partial charge in [0.1, 0.15) is 0 Å². The number of hydrogen-bond acceptors (Lipinski definition) is 4. The van der Waals surface area contributed by atoms with Gasteiger partial charge in [0.2, 0.25) is 0 Å². The molecule has 0 radical (unpaired) electrons. The fourth-order valence-electron chi connectivity index (χ4n) is 4.52. The molecule has 2 aliphatic carbocycles. The fraction of sp³-hybridized carbons (Fsp3) is 0.391. The van der Waals surface area contributed by atoms with Crippen molar-refractivity contribution in [3.63, 3.8) is 0 Å². The van der Waals surface area contributed by atoms with Crippen molar-refractivity contribution in [3.8, 4) is 0 Å². The molecule has 0 bridgehead atoms. The Hall–Kier alpha value is -2.60. The molecule has 2 aromatic carbocycles. The van der Waals surface area contributed by atoms with Crippen molar-refractivity contribution in [2.45, 2.75) is 62.9 Å². The molecule has 0 spiro atoms. The smallest absolute Gasteiger partial charge is 0.333 e. The van der Waals surface area contributed by atoms with Gasteiger partial charge < -0.3 is 10.4 Å². The van der Waals surface area contributed by atoms with Gasteiger partial charge in [-0.25, -0.2) is 22.8 Å². The maximum atomic E-state index is 12.9. The quantitative estimate of drug-likeness (QED) is 0.564. The van der Waals surface area contributed by atoms with Gasteiger partial charge in [-0.2, -0.15) is 0 Å². The molecule has 2 aliphatic rings. The van der Waals surface area contributed by atoms with Crippen LogP contribution in [-0.2, 0) is 41.3 Å². The number of fused-ring (bicyclic) bond motifs is 2. The SMILES string of the molecule is [C-]#[N+]c1cc(C(C)(C)O)cc(S(=O)(=O)NC(=O)Nc2c3c(c(Cl)c4c2CCC4)CCC3)c1. The molecule has 0 saturated heterocycles. The summed E-state index contributed by atoms with van der Waals surface area (Å²) in [7, 11) is -4.27. The highest BCUT2D eigenvalue weighted by Crippen LogP contribution is 2.44. The highest BCUT2D eigenvalue weighted by atomic mass is 35.5. The number of carbonyl (C=O) groups excluding carboxylic acids is 1. The number of anilines is 1. The predicted molar refractivity (Wildman–Crippen MR) is 123 cm³/mol. The minimum atomic E-state index is -4.27. The zero-order valence-corrected chi connectivity index (χ0v) is 19.5. The van der Waals surface area contributed by atoms with E-state index in [9.17, 15) is 18.3 Å². The van der Waals surface area contributed by atoms with Crippen LogP contribution in [0.5, 0.6) is 0 Å². The first-order valence-corrected chi connectivity index (χ1v) is 12.3. The number of nitrogens with zero attached hydrogens (tertiary/aromatic N) is 1. The zero-order chi connectivity index (χ0) is 23.3. The second-order valence-corrected chi connectivity index (χ2v) is 10.8. The normalized spacial score (nSPS) is 15.1. The van der Waals surface area contributed by atoms with Gasteiger partial charge in [-0.1, -0.05) is 17.7 Å². The highest BCUT2D eigenvalue weighted by molar-refractivity contribution is 7.90. The van der Waals surface area contributed by atoms with Crippen LogP contribution in [0.25, 0.3) is 4.85 Å². The van der Waals surface area contributed by atoms with E-state index < -0.39 is 21.7 Å². The number of amides is 2. The second-order valence-electron chi connectivity index (χ2n) is 8.76. The van der Waals surface area contributed by atoms with E-state index >= 15 is 0 Å². The number of urea groups is 1. The van der Waals surface area contributed by atoms with Gasteiger partial charge in [-0.15, -0.1) is 0 Å². The van der Waals surface area contributed by atoms with Crippen LogP contribution in [0.2, 0.25) is 5.02 Å². The van der Waals surface area contributed by atoms with Gasteiger partial charge in [-0.3, -0.25) is 0 Å². The lowest BCUT2D eigenvalue weighted by Crippen LogP contribution is -2.35. The van der Waals surface area contributed by atoms with Crippen LogP contribution in [0.4, 0.5) is 16.2 Å². The Morgan fingerprint density at radius 3 is 2.16 bits per heavy atom. The summed E-state index contributed by atoms with van der Waals surface area (Å²) in [6.45, 7) is 10.2. The van der Waals surface area contributed by atoms with Gasteiger partial charge >= 0.3 is 6.03 Å². The molecule has 0 heterocycles. The van der Waals surface area contributed by atoms with Crippen molar-refractivity contribution in [1.29, 1.82) is 0 Å². The summed E-state index contributed by atoms with van der Waals surface area (Å²) in [5.41, 5.74) is 3.71. The van der Waals surface area contributed by atoms with Crippen molar-refractivity contribution in [3.05, 3.63) is 62.5 Å². The lowest BCUT2D eigenvalue weighted by atomic mass is 9.98. The van der Waals surface area contributed by atoms with E-state index in [-0.39, 0.29) is 16.1 Å². The van der Waals surface area contributed by atoms with Crippen molar-refractivity contribution < 1.29 is 18.3 Å². The van der Waals surface area contributed by atoms with Crippen molar-refractivity contribution >= 4 is 39.0 Å². The number of rotatable bonds is 4. The first-order valence-electron chi connectivity index (χ1n) is 10.5. The molecule has 9 heteroatoms. The molecule has 2 aromatic rings. The number of aliphatic hydroxyl groups is 1. The van der Waals surface area contributed by atoms with Crippen LogP contribution in [-0.4, -0.2) is 19.6 Å². The summed E-state index contributed by atoms with van der Waals surface area (Å²) in [5.74, 6) is 0. The van der Waals surface area contributed by atoms with E-state index in [0.717, 1.165) is 65.8 Å². The van der Waals surface area contributed by atoms with Crippen LogP contribution in [0.15, 0.2) is 23.1 Å². The minimum absolute atomic E-state index is 0.0544. The van der Waals surface area contributed by atoms with Crippen LogP contribution in [0, 0.1) is 6.57 Å². The van der Waals surface area contributed by atoms with E-state index in [1.165, 1.54) is 32.0 Å². The van der Waals surface area contributed by atoms with E-state index in [1.807, 2.05) is 0 Å². The third-order valence-corrected chi connectivity index (χ3v) is 7.84. The standard InChI is InChI=1S/C23H24ClN3O4S/c1-23(2,29)13-10-14(25-3)12-15(11-13)32(30,31)27-22(28)26-21-18-8-4-6-16(18)20(24)17-7-5-9-19(17)21/h10-12,29H,4-9H2,1-2H3,(H2,26,27,28). The second kappa shape index (κ2) is 8.07. The Kier molecular flexibility index (Phi) is 5.70. The minimum Gasteiger partial charge on any atom is -0.386 e. The van der Waals surface area contributed by atoms with Gasteiger partial charge in [0.15, 0.2) is 5.69 Å². The maximum Gasteiger partial charge on any atom is 0.333 e. The zero-order valence-electron chi connectivity index (χ0n) is 17.9. The topological polar surface area (TPSA) is 99.9 Å². The molecular weight excluding hydrogens is 450 g/mol. The Morgan fingerprint density at radius 2 is 1.62 bits per heavy atom. The number of carbonyl (C=O) groups is 1. The molecule has 0 aromatic heterocycles. The third-order valence-electron chi connectivity index (χ3n) is 6.07. The average molecular weight is 474 g/mol. The largest absolute Gasteiger partial charge is 0.386 e. The molecule has 3 N–H and O–H groups in total. The van der Waals surface area contributed by atoms with Crippen LogP contribution in [0.1, 0.15) is 54.5 Å². The molecule has 0 atom stereocenters. The molecule has 7 nitrogen and oxygen atoms in total. The van der Waals surface area contributed by atoms with Crippen LogP contribution >= 0.6 is 11.6 Å². The van der Waals surface area contributed by atoms with E-state index in [4.69, 9.17) is 18.2 Å². The molecule has 4 rings (SSSR count). The van der Waals surface area contributed by atoms with E-state index in [1.54, 1.807) is 0 Å². The Bertz CT molecular complexity index is 1240. The van der Waals surface area contributed by atoms with Crippen LogP contribution in [0.3, 0.4) is 0 Å². The molecule has 0 aliphatic heterocycles. The molecule has 0 fully saturated rings. The van der Waals surface area contributed by atoms with E-state index in [2.05, 4.69) is 14.9 Å². The summed E-state index contributed by atoms with van der Waals surface area (Å²) < 4.78 is 27.9. The fourth-order valence-corrected chi connectivity index (χ4v) is 5.90. The lowest BCUT2D eigenvalue weighted by molar-refractivity contribution is 0.0784.